The number of hydrogen-bond acceptors (Lipinski definition) is 10. The van der Waals surface area contributed by atoms with E-state index >= 15 is 0 Å². The largest absolute Gasteiger partial charge is 0.377 e. The van der Waals surface area contributed by atoms with Crippen LogP contribution in [0.5, 0.6) is 0 Å². The summed E-state index contributed by atoms with van der Waals surface area (Å²) in [5.41, 5.74) is 0.532. The van der Waals surface area contributed by atoms with E-state index in [0.717, 1.165) is 51.7 Å². The lowest BCUT2D eigenvalue weighted by molar-refractivity contribution is -0.210. The van der Waals surface area contributed by atoms with Crippen molar-refractivity contribution in [3.8, 4) is 0 Å². The molecule has 0 N–H and O–H groups in total. The topological polar surface area (TPSA) is 98.9 Å². The van der Waals surface area contributed by atoms with Crippen LogP contribution in [-0.2, 0) is 47.4 Å². The molecule has 0 amide bonds. The van der Waals surface area contributed by atoms with Gasteiger partial charge in [0.05, 0.1) is 90.5 Å². The van der Waals surface area contributed by atoms with E-state index in [1.165, 1.54) is 0 Å². The average molecular weight is 659 g/mol. The molecule has 2 heterocycles. The summed E-state index contributed by atoms with van der Waals surface area (Å²) in [7, 11) is 0. The Morgan fingerprint density at radius 2 is 0.913 bits per heavy atom. The van der Waals surface area contributed by atoms with Crippen LogP contribution in [-0.4, -0.2) is 115 Å². The van der Waals surface area contributed by atoms with Crippen LogP contribution in [0.25, 0.3) is 0 Å². The van der Waals surface area contributed by atoms with Crippen LogP contribution < -0.4 is 0 Å². The molecule has 2 saturated heterocycles. The number of epoxide rings is 2. The van der Waals surface area contributed by atoms with E-state index < -0.39 is 0 Å². The van der Waals surface area contributed by atoms with Crippen LogP contribution in [0.2, 0.25) is 0 Å². The number of ether oxygens (including phenoxy) is 10. The Kier molecular flexibility index (Phi) is 15.5. The molecule has 46 heavy (non-hydrogen) atoms. The molecule has 270 valence electrons. The fraction of sp³-hybridized carbons (Fsp3) is 1.00. The van der Waals surface area contributed by atoms with Crippen molar-refractivity contribution >= 4 is 0 Å². The standard InChI is InChI=1S/C36H66O10/c1-25(45-31-11-9-27(35(3,4)5)19-33(31)43-23-29-21-41-29)39-17-15-37-13-14-38-16-18-40-26(2)46-32-12-10-28(36(6,7)8)20-34(32)44-24-30-22-42-30/h25-34H,9-24H2,1-8H3. The van der Waals surface area contributed by atoms with Crippen molar-refractivity contribution in [1.82, 2.24) is 0 Å². The van der Waals surface area contributed by atoms with Crippen LogP contribution in [0.3, 0.4) is 0 Å². The summed E-state index contributed by atoms with van der Waals surface area (Å²) in [4.78, 5) is 0. The lowest BCUT2D eigenvalue weighted by Gasteiger charge is -2.42. The van der Waals surface area contributed by atoms with E-state index in [2.05, 4.69) is 41.5 Å². The van der Waals surface area contributed by atoms with Gasteiger partial charge in [0.15, 0.2) is 12.6 Å². The second-order valence-corrected chi connectivity index (χ2v) is 15.9. The zero-order chi connectivity index (χ0) is 33.2. The predicted octanol–water partition coefficient (Wildman–Crippen LogP) is 5.78. The van der Waals surface area contributed by atoms with Gasteiger partial charge in [0, 0.05) is 0 Å². The molecular weight excluding hydrogens is 592 g/mol. The van der Waals surface area contributed by atoms with Crippen molar-refractivity contribution < 1.29 is 47.4 Å². The van der Waals surface area contributed by atoms with E-state index in [1.54, 1.807) is 0 Å². The second kappa shape index (κ2) is 18.6. The van der Waals surface area contributed by atoms with Gasteiger partial charge in [-0.3, -0.25) is 0 Å². The average Bonchev–Trinajstić information content (AvgIpc) is 3.92. The van der Waals surface area contributed by atoms with Crippen molar-refractivity contribution in [2.45, 2.75) is 143 Å². The maximum absolute atomic E-state index is 6.30. The third-order valence-electron chi connectivity index (χ3n) is 9.97. The summed E-state index contributed by atoms with van der Waals surface area (Å²) < 4.78 is 59.0. The first kappa shape index (κ1) is 38.4. The lowest BCUT2D eigenvalue weighted by atomic mass is 9.71. The zero-order valence-electron chi connectivity index (χ0n) is 30.2. The van der Waals surface area contributed by atoms with Gasteiger partial charge in [0.1, 0.15) is 12.2 Å². The van der Waals surface area contributed by atoms with Crippen molar-refractivity contribution in [3.63, 3.8) is 0 Å². The summed E-state index contributed by atoms with van der Waals surface area (Å²) in [5.74, 6) is 1.24. The minimum atomic E-state index is -0.316. The van der Waals surface area contributed by atoms with Gasteiger partial charge in [-0.1, -0.05) is 41.5 Å². The highest BCUT2D eigenvalue weighted by atomic mass is 16.7. The van der Waals surface area contributed by atoms with E-state index in [9.17, 15) is 0 Å². The summed E-state index contributed by atoms with van der Waals surface area (Å²) in [6, 6.07) is 0. The molecule has 0 aromatic heterocycles. The maximum atomic E-state index is 6.30. The van der Waals surface area contributed by atoms with Crippen LogP contribution in [0.4, 0.5) is 0 Å². The second-order valence-electron chi connectivity index (χ2n) is 15.9. The van der Waals surface area contributed by atoms with Gasteiger partial charge < -0.3 is 47.4 Å². The van der Waals surface area contributed by atoms with E-state index in [-0.39, 0.29) is 60.0 Å². The number of hydrogen-bond donors (Lipinski definition) is 0. The maximum Gasteiger partial charge on any atom is 0.155 e. The highest BCUT2D eigenvalue weighted by Crippen LogP contribution is 2.41. The highest BCUT2D eigenvalue weighted by Gasteiger charge is 2.40. The van der Waals surface area contributed by atoms with E-state index in [1.807, 2.05) is 13.8 Å². The fourth-order valence-electron chi connectivity index (χ4n) is 6.67. The van der Waals surface area contributed by atoms with Gasteiger partial charge in [-0.2, -0.15) is 0 Å². The Morgan fingerprint density at radius 3 is 1.26 bits per heavy atom. The monoisotopic (exact) mass is 658 g/mol. The highest BCUT2D eigenvalue weighted by molar-refractivity contribution is 4.89. The molecule has 0 radical (unpaired) electrons. The predicted molar refractivity (Wildman–Crippen MR) is 175 cm³/mol. The van der Waals surface area contributed by atoms with E-state index in [4.69, 9.17) is 47.4 Å². The van der Waals surface area contributed by atoms with Gasteiger partial charge in [-0.25, -0.2) is 0 Å². The minimum Gasteiger partial charge on any atom is -0.377 e. The van der Waals surface area contributed by atoms with Gasteiger partial charge in [-0.15, -0.1) is 0 Å². The van der Waals surface area contributed by atoms with Crippen molar-refractivity contribution in [2.75, 3.05) is 66.1 Å². The third-order valence-corrected chi connectivity index (χ3v) is 9.97. The molecular formula is C36H66O10. The molecule has 4 rings (SSSR count). The molecule has 4 fully saturated rings. The normalized spacial score (nSPS) is 33.1. The molecule has 10 atom stereocenters. The first-order valence-corrected chi connectivity index (χ1v) is 18.0. The SMILES string of the molecule is CC(OCCOCCOCCOC(C)OC1CCC(C(C)(C)C)CC1OCC1CO1)OC1CCC(C(C)(C)C)CC1OCC1CO1. The van der Waals surface area contributed by atoms with Crippen molar-refractivity contribution in [2.24, 2.45) is 22.7 Å². The van der Waals surface area contributed by atoms with Gasteiger partial charge in [-0.05, 0) is 75.0 Å². The third kappa shape index (κ3) is 14.2. The Morgan fingerprint density at radius 1 is 0.543 bits per heavy atom. The first-order valence-electron chi connectivity index (χ1n) is 18.0. The van der Waals surface area contributed by atoms with Crippen molar-refractivity contribution in [3.05, 3.63) is 0 Å². The Bertz CT molecular complexity index is 768. The van der Waals surface area contributed by atoms with E-state index in [0.29, 0.717) is 64.7 Å². The summed E-state index contributed by atoms with van der Waals surface area (Å²) in [6.07, 6.45) is 6.39. The van der Waals surface area contributed by atoms with Gasteiger partial charge in [0.2, 0.25) is 0 Å². The summed E-state index contributed by atoms with van der Waals surface area (Å²) >= 11 is 0. The first-order chi connectivity index (χ1) is 21.9. The molecule has 10 heteroatoms. The fourth-order valence-corrected chi connectivity index (χ4v) is 6.67. The smallest absolute Gasteiger partial charge is 0.155 e. The van der Waals surface area contributed by atoms with Crippen LogP contribution in [0.1, 0.15) is 93.9 Å². The molecule has 2 saturated carbocycles. The molecule has 0 spiro atoms. The minimum absolute atomic E-state index is 0.0395. The summed E-state index contributed by atoms with van der Waals surface area (Å²) in [5, 5.41) is 0. The Hall–Kier alpha value is -0.400. The van der Waals surface area contributed by atoms with Gasteiger partial charge >= 0.3 is 0 Å². The molecule has 4 aliphatic rings. The molecule has 10 nitrogen and oxygen atoms in total. The molecule has 0 aromatic rings. The molecule has 2 aliphatic heterocycles. The Labute approximate surface area is 279 Å². The molecule has 2 aliphatic carbocycles. The van der Waals surface area contributed by atoms with Crippen molar-refractivity contribution in [1.29, 1.82) is 0 Å². The summed E-state index contributed by atoms with van der Waals surface area (Å²) in [6.45, 7) is 23.6. The molecule has 0 bridgehead atoms. The van der Waals surface area contributed by atoms with Crippen LogP contribution in [0, 0.1) is 22.7 Å². The van der Waals surface area contributed by atoms with Crippen LogP contribution >= 0.6 is 0 Å². The number of rotatable bonds is 21. The molecule has 0 aromatic carbocycles. The lowest BCUT2D eigenvalue weighted by Crippen LogP contribution is -2.43. The quantitative estimate of drug-likeness (QED) is 0.0858. The van der Waals surface area contributed by atoms with Gasteiger partial charge in [0.25, 0.3) is 0 Å². The zero-order valence-corrected chi connectivity index (χ0v) is 30.2. The molecule has 10 unspecified atom stereocenters. The van der Waals surface area contributed by atoms with Crippen LogP contribution in [0.15, 0.2) is 0 Å². The Balaban J connectivity index is 1.00.